The van der Waals surface area contributed by atoms with Crippen LogP contribution in [-0.2, 0) is 9.84 Å². The number of aromatic nitrogens is 1. The molecule has 1 aromatic heterocycles. The summed E-state index contributed by atoms with van der Waals surface area (Å²) >= 11 is 0. The van der Waals surface area contributed by atoms with Gasteiger partial charge in [0.05, 0.1) is 26.9 Å². The summed E-state index contributed by atoms with van der Waals surface area (Å²) in [4.78, 5) is 6.95. The second-order valence-corrected chi connectivity index (χ2v) is 9.58. The predicted octanol–water partition coefficient (Wildman–Crippen LogP) is 6.52. The number of nitrogens with zero attached hydrogens (tertiary/aromatic N) is 2. The number of sulfone groups is 1. The Morgan fingerprint density at radius 1 is 0.594 bits per heavy atom. The van der Waals surface area contributed by atoms with Gasteiger partial charge >= 0.3 is 0 Å². The Morgan fingerprint density at radius 3 is 1.91 bits per heavy atom. The van der Waals surface area contributed by atoms with Crippen LogP contribution in [0.25, 0.3) is 21.9 Å². The number of anilines is 3. The van der Waals surface area contributed by atoms with Gasteiger partial charge in [0.1, 0.15) is 0 Å². The summed E-state index contributed by atoms with van der Waals surface area (Å²) in [6.45, 7) is 0. The van der Waals surface area contributed by atoms with Crippen LogP contribution < -0.4 is 4.90 Å². The van der Waals surface area contributed by atoms with Crippen molar-refractivity contribution in [1.29, 1.82) is 0 Å². The fourth-order valence-electron chi connectivity index (χ4n) is 4.50. The van der Waals surface area contributed by atoms with Crippen molar-refractivity contribution in [3.05, 3.63) is 109 Å². The van der Waals surface area contributed by atoms with Gasteiger partial charge in [-0.05, 0) is 47.3 Å². The maximum Gasteiger partial charge on any atom is 0.210 e. The Labute approximate surface area is 186 Å². The van der Waals surface area contributed by atoms with Crippen molar-refractivity contribution in [3.8, 4) is 11.1 Å². The summed E-state index contributed by atoms with van der Waals surface area (Å²) in [7, 11) is -3.60. The molecular weight excluding hydrogens is 416 g/mol. The predicted molar refractivity (Wildman–Crippen MR) is 127 cm³/mol. The van der Waals surface area contributed by atoms with Crippen LogP contribution >= 0.6 is 0 Å². The summed E-state index contributed by atoms with van der Waals surface area (Å²) < 4.78 is 26.7. The van der Waals surface area contributed by atoms with Crippen LogP contribution in [0.5, 0.6) is 0 Å². The SMILES string of the molecule is O=S1(=O)c2ccccc2N(c2ccccc2-c2cccc3cnccc23)c2ccccc21. The first-order chi connectivity index (χ1) is 15.7. The van der Waals surface area contributed by atoms with E-state index in [1.165, 1.54) is 0 Å². The highest BCUT2D eigenvalue weighted by molar-refractivity contribution is 7.92. The molecule has 0 amide bonds. The van der Waals surface area contributed by atoms with Gasteiger partial charge in [0.15, 0.2) is 0 Å². The molecule has 1 aliphatic rings. The number of fused-ring (bicyclic) bond motifs is 3. The van der Waals surface area contributed by atoms with Crippen molar-refractivity contribution < 1.29 is 8.42 Å². The number of benzene rings is 4. The van der Waals surface area contributed by atoms with E-state index in [1.54, 1.807) is 30.5 Å². The maximum absolute atomic E-state index is 13.4. The average molecular weight is 435 g/mol. The van der Waals surface area contributed by atoms with Gasteiger partial charge in [-0.15, -0.1) is 0 Å². The molecule has 4 nitrogen and oxygen atoms in total. The third-order valence-corrected chi connectivity index (χ3v) is 7.76. The highest BCUT2D eigenvalue weighted by Crippen LogP contribution is 2.50. The van der Waals surface area contributed by atoms with Gasteiger partial charge in [0.2, 0.25) is 9.84 Å². The minimum absolute atomic E-state index is 0.315. The fourth-order valence-corrected chi connectivity index (χ4v) is 6.12. The van der Waals surface area contributed by atoms with Crippen molar-refractivity contribution >= 4 is 37.7 Å². The van der Waals surface area contributed by atoms with E-state index in [-0.39, 0.29) is 0 Å². The van der Waals surface area contributed by atoms with Crippen LogP contribution in [0.2, 0.25) is 0 Å². The number of rotatable bonds is 2. The lowest BCUT2D eigenvalue weighted by Gasteiger charge is -2.34. The second kappa shape index (κ2) is 7.04. The van der Waals surface area contributed by atoms with E-state index in [0.717, 1.165) is 27.6 Å². The molecule has 0 bridgehead atoms. The first kappa shape index (κ1) is 18.8. The molecule has 5 heteroatoms. The van der Waals surface area contributed by atoms with Crippen LogP contribution in [0.15, 0.2) is 119 Å². The van der Waals surface area contributed by atoms with E-state index in [9.17, 15) is 8.42 Å². The van der Waals surface area contributed by atoms with Gasteiger partial charge in [-0.1, -0.05) is 60.7 Å². The zero-order chi connectivity index (χ0) is 21.7. The third kappa shape index (κ3) is 2.68. The number of hydrogen-bond acceptors (Lipinski definition) is 4. The third-order valence-electron chi connectivity index (χ3n) is 5.91. The highest BCUT2D eigenvalue weighted by atomic mass is 32.2. The van der Waals surface area contributed by atoms with Gasteiger partial charge in [0, 0.05) is 23.3 Å². The van der Waals surface area contributed by atoms with Gasteiger partial charge in [0.25, 0.3) is 0 Å². The molecule has 1 aliphatic heterocycles. The molecule has 0 fully saturated rings. The van der Waals surface area contributed by atoms with Gasteiger partial charge < -0.3 is 4.90 Å². The minimum Gasteiger partial charge on any atom is -0.307 e. The van der Waals surface area contributed by atoms with Crippen molar-refractivity contribution in [2.45, 2.75) is 9.79 Å². The smallest absolute Gasteiger partial charge is 0.210 e. The Hall–Kier alpha value is -3.96. The molecule has 0 saturated carbocycles. The van der Waals surface area contributed by atoms with E-state index >= 15 is 0 Å². The van der Waals surface area contributed by atoms with Crippen molar-refractivity contribution in [2.24, 2.45) is 0 Å². The second-order valence-electron chi connectivity index (χ2n) is 7.69. The first-order valence-corrected chi connectivity index (χ1v) is 11.8. The summed E-state index contributed by atoms with van der Waals surface area (Å²) in [6.07, 6.45) is 3.66. The Balaban J connectivity index is 1.69. The summed E-state index contributed by atoms with van der Waals surface area (Å²) in [5, 5.41) is 2.16. The summed E-state index contributed by atoms with van der Waals surface area (Å²) in [5.74, 6) is 0. The van der Waals surface area contributed by atoms with E-state index in [0.29, 0.717) is 21.2 Å². The number of hydrogen-bond donors (Lipinski definition) is 0. The van der Waals surface area contributed by atoms with Crippen LogP contribution in [0.4, 0.5) is 17.1 Å². The Morgan fingerprint density at radius 2 is 1.19 bits per heavy atom. The minimum atomic E-state index is -3.60. The van der Waals surface area contributed by atoms with Crippen LogP contribution in [0, 0.1) is 0 Å². The normalized spacial score (nSPS) is 14.1. The molecule has 4 aromatic carbocycles. The zero-order valence-electron chi connectivity index (χ0n) is 17.0. The highest BCUT2D eigenvalue weighted by Gasteiger charge is 2.35. The van der Waals surface area contributed by atoms with Crippen LogP contribution in [-0.4, -0.2) is 13.4 Å². The first-order valence-electron chi connectivity index (χ1n) is 10.3. The molecule has 0 atom stereocenters. The number of para-hydroxylation sites is 3. The quantitative estimate of drug-likeness (QED) is 0.311. The van der Waals surface area contributed by atoms with Crippen LogP contribution in [0.1, 0.15) is 0 Å². The molecule has 5 aromatic rings. The van der Waals surface area contributed by atoms with E-state index in [2.05, 4.69) is 22.0 Å². The molecule has 2 heterocycles. The van der Waals surface area contributed by atoms with Gasteiger partial charge in [-0.25, -0.2) is 8.42 Å². The monoisotopic (exact) mass is 434 g/mol. The lowest BCUT2D eigenvalue weighted by molar-refractivity contribution is 0.595. The summed E-state index contributed by atoms with van der Waals surface area (Å²) in [5.41, 5.74) is 4.32. The van der Waals surface area contributed by atoms with E-state index in [4.69, 9.17) is 0 Å². The van der Waals surface area contributed by atoms with Gasteiger partial charge in [-0.3, -0.25) is 4.98 Å². The Kier molecular flexibility index (Phi) is 4.13. The van der Waals surface area contributed by atoms with Crippen molar-refractivity contribution in [2.75, 3.05) is 4.90 Å². The lowest BCUT2D eigenvalue weighted by Crippen LogP contribution is -2.22. The van der Waals surface area contributed by atoms with Crippen molar-refractivity contribution in [1.82, 2.24) is 4.98 Å². The average Bonchev–Trinajstić information content (AvgIpc) is 2.84. The Bertz CT molecular complexity index is 1550. The lowest BCUT2D eigenvalue weighted by atomic mass is 9.97. The van der Waals surface area contributed by atoms with E-state index < -0.39 is 9.84 Å². The largest absolute Gasteiger partial charge is 0.307 e. The molecule has 0 spiro atoms. The van der Waals surface area contributed by atoms with Crippen molar-refractivity contribution in [3.63, 3.8) is 0 Å². The van der Waals surface area contributed by atoms with Gasteiger partial charge in [-0.2, -0.15) is 0 Å². The molecule has 154 valence electrons. The molecule has 0 N–H and O–H groups in total. The molecule has 0 saturated heterocycles. The summed E-state index contributed by atoms with van der Waals surface area (Å²) in [6, 6.07) is 30.7. The zero-order valence-corrected chi connectivity index (χ0v) is 17.8. The van der Waals surface area contributed by atoms with E-state index in [1.807, 2.05) is 66.9 Å². The molecule has 0 unspecified atom stereocenters. The molecular formula is C27H18N2O2S. The molecule has 0 radical (unpaired) electrons. The molecule has 0 aliphatic carbocycles. The maximum atomic E-state index is 13.4. The fraction of sp³-hybridized carbons (Fsp3) is 0. The standard InChI is InChI=1S/C27H18N2O2S/c30-32(31)26-14-5-3-12-24(26)29(25-13-4-6-15-27(25)32)23-11-2-1-9-22(23)21-10-7-8-19-18-28-17-16-20(19)21/h1-18H. The topological polar surface area (TPSA) is 50.3 Å². The number of pyridine rings is 1. The van der Waals surface area contributed by atoms with Crippen LogP contribution in [0.3, 0.4) is 0 Å². The molecule has 32 heavy (non-hydrogen) atoms. The molecule has 6 rings (SSSR count).